The Morgan fingerprint density at radius 1 is 1.32 bits per heavy atom. The van der Waals surface area contributed by atoms with Crippen molar-refractivity contribution in [3.05, 3.63) is 0 Å². The molecule has 0 heterocycles. The van der Waals surface area contributed by atoms with Crippen LogP contribution in [0.1, 0.15) is 19.3 Å². The minimum Gasteiger partial charge on any atom is -0.481 e. The van der Waals surface area contributed by atoms with Crippen molar-refractivity contribution < 1.29 is 29.1 Å². The van der Waals surface area contributed by atoms with E-state index in [9.17, 15) is 24.0 Å². The summed E-state index contributed by atoms with van der Waals surface area (Å²) in [6, 6.07) is -2.22. The molecule has 1 aliphatic rings. The van der Waals surface area contributed by atoms with Crippen molar-refractivity contribution in [2.24, 2.45) is 11.7 Å². The largest absolute Gasteiger partial charge is 0.481 e. The third kappa shape index (κ3) is 4.10. The van der Waals surface area contributed by atoms with Gasteiger partial charge < -0.3 is 30.6 Å². The minimum atomic E-state index is -1.23. The summed E-state index contributed by atoms with van der Waals surface area (Å²) in [4.78, 5) is 56.5. The first-order valence-electron chi connectivity index (χ1n) is 6.75. The van der Waals surface area contributed by atoms with Crippen LogP contribution in [-0.2, 0) is 24.0 Å². The van der Waals surface area contributed by atoms with Crippen molar-refractivity contribution in [1.29, 1.82) is 0 Å². The van der Waals surface area contributed by atoms with Crippen molar-refractivity contribution in [3.8, 4) is 0 Å². The summed E-state index contributed by atoms with van der Waals surface area (Å²) < 4.78 is 0. The maximum absolute atomic E-state index is 12.0. The normalized spacial score (nSPS) is 23.3. The van der Waals surface area contributed by atoms with E-state index in [1.807, 2.05) is 0 Å². The fraction of sp³-hybridized carbons (Fsp3) is 0.615. The molecule has 3 unspecified atom stereocenters. The molecule has 0 spiro atoms. The average Bonchev–Trinajstić information content (AvgIpc) is 2.46. The quantitative estimate of drug-likeness (QED) is 0.344. The summed E-state index contributed by atoms with van der Waals surface area (Å²) in [7, 11) is 1.44. The zero-order chi connectivity index (χ0) is 16.9. The van der Waals surface area contributed by atoms with Crippen molar-refractivity contribution in [2.45, 2.75) is 37.4 Å². The summed E-state index contributed by atoms with van der Waals surface area (Å²) in [5, 5.41) is 11.1. The molecule has 0 aliphatic heterocycles. The van der Waals surface area contributed by atoms with E-state index >= 15 is 0 Å². The molecule has 122 valence electrons. The van der Waals surface area contributed by atoms with E-state index in [4.69, 9.17) is 10.8 Å². The van der Waals surface area contributed by atoms with Crippen LogP contribution in [0.15, 0.2) is 0 Å². The van der Waals surface area contributed by atoms with Gasteiger partial charge in [0.05, 0.1) is 12.0 Å². The van der Waals surface area contributed by atoms with Gasteiger partial charge in [0.1, 0.15) is 18.6 Å². The topological polar surface area (TPSA) is 147 Å². The molecule has 9 nitrogen and oxygen atoms in total. The highest BCUT2D eigenvalue weighted by Gasteiger charge is 2.47. The lowest BCUT2D eigenvalue weighted by atomic mass is 9.74. The Labute approximate surface area is 126 Å². The Morgan fingerprint density at radius 3 is 2.36 bits per heavy atom. The SMILES string of the molecule is CN(C(=O)CCC(=O)NC(C=O)C=O)C1C(N)CC1C(=O)O. The van der Waals surface area contributed by atoms with Crippen molar-refractivity contribution in [3.63, 3.8) is 0 Å². The number of carbonyl (C=O) groups is 5. The first-order valence-corrected chi connectivity index (χ1v) is 6.75. The maximum atomic E-state index is 12.0. The van der Waals surface area contributed by atoms with Crippen LogP contribution in [0.25, 0.3) is 0 Å². The number of nitrogens with one attached hydrogen (secondary N) is 1. The monoisotopic (exact) mass is 313 g/mol. The van der Waals surface area contributed by atoms with Crippen molar-refractivity contribution >= 4 is 30.4 Å². The Balaban J connectivity index is 2.47. The van der Waals surface area contributed by atoms with Gasteiger partial charge in [-0.2, -0.15) is 0 Å². The zero-order valence-electron chi connectivity index (χ0n) is 12.1. The lowest BCUT2D eigenvalue weighted by Gasteiger charge is -2.45. The predicted molar refractivity (Wildman–Crippen MR) is 73.6 cm³/mol. The number of nitrogens with two attached hydrogens (primary N) is 1. The number of rotatable bonds is 8. The Morgan fingerprint density at radius 2 is 1.91 bits per heavy atom. The van der Waals surface area contributed by atoms with E-state index in [-0.39, 0.29) is 25.4 Å². The third-order valence-electron chi connectivity index (χ3n) is 3.72. The number of aliphatic carboxylic acids is 1. The highest BCUT2D eigenvalue weighted by molar-refractivity contribution is 5.91. The summed E-state index contributed by atoms with van der Waals surface area (Å²) in [5.74, 6) is -2.75. The maximum Gasteiger partial charge on any atom is 0.308 e. The van der Waals surface area contributed by atoms with Gasteiger partial charge in [-0.15, -0.1) is 0 Å². The number of carboxylic acid groups (broad SMARTS) is 1. The molecule has 0 aromatic heterocycles. The van der Waals surface area contributed by atoms with Gasteiger partial charge in [-0.25, -0.2) is 0 Å². The number of carbonyl (C=O) groups excluding carboxylic acids is 4. The van der Waals surface area contributed by atoms with Crippen LogP contribution in [0.3, 0.4) is 0 Å². The van der Waals surface area contributed by atoms with Crippen LogP contribution < -0.4 is 11.1 Å². The van der Waals surface area contributed by atoms with E-state index < -0.39 is 41.8 Å². The summed E-state index contributed by atoms with van der Waals surface area (Å²) in [5.41, 5.74) is 5.73. The van der Waals surface area contributed by atoms with Crippen molar-refractivity contribution in [2.75, 3.05) is 7.05 Å². The number of aldehydes is 2. The standard InChI is InChI=1S/C13H19N3O6/c1-16(12-8(13(21)22)4-9(12)14)11(20)3-2-10(19)15-7(5-17)6-18/h5-9,12H,2-4,14H2,1H3,(H,15,19)(H,21,22). The van der Waals surface area contributed by atoms with Gasteiger partial charge in [-0.05, 0) is 6.42 Å². The first-order chi connectivity index (χ1) is 10.3. The highest BCUT2D eigenvalue weighted by atomic mass is 16.4. The number of nitrogens with zero attached hydrogens (tertiary/aromatic N) is 1. The molecule has 0 bridgehead atoms. The fourth-order valence-electron chi connectivity index (χ4n) is 2.40. The minimum absolute atomic E-state index is 0.164. The number of hydrogen-bond donors (Lipinski definition) is 3. The molecule has 9 heteroatoms. The molecule has 0 aromatic rings. The lowest BCUT2D eigenvalue weighted by Crippen LogP contribution is -2.63. The summed E-state index contributed by atoms with van der Waals surface area (Å²) in [6.07, 6.45) is 0.495. The molecular weight excluding hydrogens is 294 g/mol. The fourth-order valence-corrected chi connectivity index (χ4v) is 2.40. The molecule has 1 fully saturated rings. The van der Waals surface area contributed by atoms with E-state index in [0.717, 1.165) is 0 Å². The number of likely N-dealkylation sites (N-methyl/N-ethyl adjacent to an activating group) is 1. The van der Waals surface area contributed by atoms with Gasteiger partial charge in [0.15, 0.2) is 0 Å². The number of carboxylic acids is 1. The van der Waals surface area contributed by atoms with E-state index in [1.54, 1.807) is 0 Å². The first kappa shape index (κ1) is 17.8. The van der Waals surface area contributed by atoms with Crippen LogP contribution in [0.5, 0.6) is 0 Å². The van der Waals surface area contributed by atoms with E-state index in [1.165, 1.54) is 11.9 Å². The third-order valence-corrected chi connectivity index (χ3v) is 3.72. The molecule has 1 saturated carbocycles. The van der Waals surface area contributed by atoms with E-state index in [0.29, 0.717) is 6.42 Å². The Kier molecular flexibility index (Phi) is 6.17. The van der Waals surface area contributed by atoms with Gasteiger partial charge in [0, 0.05) is 25.9 Å². The number of hydrogen-bond acceptors (Lipinski definition) is 6. The molecule has 0 aromatic carbocycles. The summed E-state index contributed by atoms with van der Waals surface area (Å²) in [6.45, 7) is 0. The predicted octanol–water partition coefficient (Wildman–Crippen LogP) is -2.09. The van der Waals surface area contributed by atoms with Gasteiger partial charge in [-0.1, -0.05) is 0 Å². The van der Waals surface area contributed by atoms with Crippen LogP contribution in [0.2, 0.25) is 0 Å². The van der Waals surface area contributed by atoms with Gasteiger partial charge in [0.25, 0.3) is 0 Å². The molecule has 3 atom stereocenters. The second-order valence-electron chi connectivity index (χ2n) is 5.20. The molecule has 0 radical (unpaired) electrons. The molecule has 4 N–H and O–H groups in total. The molecule has 22 heavy (non-hydrogen) atoms. The zero-order valence-corrected chi connectivity index (χ0v) is 12.1. The molecule has 1 rings (SSSR count). The van der Waals surface area contributed by atoms with Gasteiger partial charge in [-0.3, -0.25) is 14.4 Å². The average molecular weight is 313 g/mol. The summed E-state index contributed by atoms with van der Waals surface area (Å²) >= 11 is 0. The molecular formula is C13H19N3O6. The Bertz CT molecular complexity index is 472. The van der Waals surface area contributed by atoms with Crippen LogP contribution in [-0.4, -0.2) is 65.5 Å². The van der Waals surface area contributed by atoms with E-state index in [2.05, 4.69) is 5.32 Å². The van der Waals surface area contributed by atoms with Gasteiger partial charge in [0.2, 0.25) is 11.8 Å². The van der Waals surface area contributed by atoms with Crippen LogP contribution >= 0.6 is 0 Å². The second-order valence-corrected chi connectivity index (χ2v) is 5.20. The smallest absolute Gasteiger partial charge is 0.308 e. The second kappa shape index (κ2) is 7.64. The molecule has 2 amide bonds. The van der Waals surface area contributed by atoms with Crippen molar-refractivity contribution in [1.82, 2.24) is 10.2 Å². The lowest BCUT2D eigenvalue weighted by molar-refractivity contribution is -0.153. The Hall–Kier alpha value is -2.29. The number of amides is 2. The molecule has 0 saturated heterocycles. The molecule has 1 aliphatic carbocycles. The van der Waals surface area contributed by atoms with Gasteiger partial charge >= 0.3 is 5.97 Å². The van der Waals surface area contributed by atoms with Crippen LogP contribution in [0, 0.1) is 5.92 Å². The highest BCUT2D eigenvalue weighted by Crippen LogP contribution is 2.31. The van der Waals surface area contributed by atoms with Crippen LogP contribution in [0.4, 0.5) is 0 Å².